The third kappa shape index (κ3) is 4.78. The molecule has 1 aromatic rings. The molecule has 0 aromatic carbocycles. The Morgan fingerprint density at radius 1 is 1.33 bits per heavy atom. The number of carbonyl (C=O) groups is 1. The van der Waals surface area contributed by atoms with Crippen LogP contribution in [0.5, 0.6) is 0 Å². The van der Waals surface area contributed by atoms with E-state index in [1.807, 2.05) is 17.5 Å². The summed E-state index contributed by atoms with van der Waals surface area (Å²) in [7, 11) is 0. The van der Waals surface area contributed by atoms with Crippen LogP contribution in [0.15, 0.2) is 17.5 Å². The summed E-state index contributed by atoms with van der Waals surface area (Å²) in [4.78, 5) is 12.6. The molecule has 0 amide bonds. The molecule has 0 radical (unpaired) electrons. The lowest BCUT2D eigenvalue weighted by atomic mass is 9.84. The number of thiophene rings is 1. The lowest BCUT2D eigenvalue weighted by Gasteiger charge is -2.29. The van der Waals surface area contributed by atoms with Crippen molar-refractivity contribution in [1.82, 2.24) is 5.32 Å². The van der Waals surface area contributed by atoms with E-state index < -0.39 is 11.5 Å². The summed E-state index contributed by atoms with van der Waals surface area (Å²) >= 11 is 1.64. The highest BCUT2D eigenvalue weighted by molar-refractivity contribution is 7.09. The Labute approximate surface area is 113 Å². The maximum absolute atomic E-state index is 11.4. The first kappa shape index (κ1) is 15.2. The average molecular weight is 269 g/mol. The zero-order chi connectivity index (χ0) is 13.8. The van der Waals surface area contributed by atoms with Gasteiger partial charge < -0.3 is 5.11 Å². The zero-order valence-corrected chi connectivity index (χ0v) is 12.4. The van der Waals surface area contributed by atoms with Gasteiger partial charge in [-0.2, -0.15) is 0 Å². The van der Waals surface area contributed by atoms with Crippen molar-refractivity contribution in [2.45, 2.75) is 52.6 Å². The van der Waals surface area contributed by atoms with Gasteiger partial charge in [-0.1, -0.05) is 26.8 Å². The second-order valence-corrected chi connectivity index (χ2v) is 7.16. The van der Waals surface area contributed by atoms with Gasteiger partial charge in [-0.25, -0.2) is 0 Å². The van der Waals surface area contributed by atoms with E-state index >= 15 is 0 Å². The van der Waals surface area contributed by atoms with Crippen molar-refractivity contribution in [3.8, 4) is 0 Å². The second kappa shape index (κ2) is 5.85. The maximum atomic E-state index is 11.4. The third-order valence-corrected chi connectivity index (χ3v) is 3.96. The molecule has 0 spiro atoms. The SMILES string of the molecule is CC(C)(C)CCC(C)(NCc1cccs1)C(=O)O. The minimum Gasteiger partial charge on any atom is -0.480 e. The zero-order valence-electron chi connectivity index (χ0n) is 11.6. The molecule has 0 aliphatic carbocycles. The van der Waals surface area contributed by atoms with Crippen LogP contribution in [-0.4, -0.2) is 16.6 Å². The molecule has 0 fully saturated rings. The molecule has 0 aliphatic heterocycles. The lowest BCUT2D eigenvalue weighted by molar-refractivity contribution is -0.144. The summed E-state index contributed by atoms with van der Waals surface area (Å²) in [6.07, 6.45) is 1.52. The van der Waals surface area contributed by atoms with Crippen molar-refractivity contribution < 1.29 is 9.90 Å². The molecule has 0 saturated heterocycles. The van der Waals surface area contributed by atoms with E-state index in [0.29, 0.717) is 13.0 Å². The Morgan fingerprint density at radius 3 is 2.44 bits per heavy atom. The van der Waals surface area contributed by atoms with Gasteiger partial charge in [0.25, 0.3) is 0 Å². The minimum absolute atomic E-state index is 0.154. The van der Waals surface area contributed by atoms with Crippen LogP contribution in [0.4, 0.5) is 0 Å². The summed E-state index contributed by atoms with van der Waals surface area (Å²) in [6.45, 7) is 8.79. The summed E-state index contributed by atoms with van der Waals surface area (Å²) in [5.41, 5.74) is -0.696. The Bertz CT molecular complexity index is 381. The predicted molar refractivity (Wildman–Crippen MR) is 75.9 cm³/mol. The normalized spacial score (nSPS) is 15.3. The molecule has 3 nitrogen and oxygen atoms in total. The quantitative estimate of drug-likeness (QED) is 0.831. The van der Waals surface area contributed by atoms with E-state index in [1.165, 1.54) is 4.88 Å². The molecule has 1 atom stereocenters. The van der Waals surface area contributed by atoms with Gasteiger partial charge in [-0.05, 0) is 36.6 Å². The third-order valence-electron chi connectivity index (χ3n) is 3.08. The standard InChI is InChI=1S/C14H23NO2S/c1-13(2,3)7-8-14(4,12(16)17)15-10-11-6-5-9-18-11/h5-6,9,15H,7-8,10H2,1-4H3,(H,16,17). The fourth-order valence-corrected chi connectivity index (χ4v) is 2.24. The van der Waals surface area contributed by atoms with E-state index in [0.717, 1.165) is 6.42 Å². The largest absolute Gasteiger partial charge is 0.480 e. The summed E-state index contributed by atoms with van der Waals surface area (Å²) in [6, 6.07) is 4.00. The molecule has 18 heavy (non-hydrogen) atoms. The van der Waals surface area contributed by atoms with Crippen LogP contribution >= 0.6 is 11.3 Å². The summed E-state index contributed by atoms with van der Waals surface area (Å²) in [5.74, 6) is -0.775. The van der Waals surface area contributed by atoms with Crippen molar-refractivity contribution >= 4 is 17.3 Å². The number of nitrogens with one attached hydrogen (secondary N) is 1. The molecule has 4 heteroatoms. The summed E-state index contributed by atoms with van der Waals surface area (Å²) < 4.78 is 0. The van der Waals surface area contributed by atoms with Crippen molar-refractivity contribution in [2.75, 3.05) is 0 Å². The van der Waals surface area contributed by atoms with Crippen LogP contribution in [-0.2, 0) is 11.3 Å². The Morgan fingerprint density at radius 2 is 2.00 bits per heavy atom. The molecule has 0 bridgehead atoms. The number of aliphatic carboxylic acids is 1. The fourth-order valence-electron chi connectivity index (χ4n) is 1.59. The topological polar surface area (TPSA) is 49.3 Å². The molecule has 1 aromatic heterocycles. The van der Waals surface area contributed by atoms with E-state index in [9.17, 15) is 9.90 Å². The number of hydrogen-bond acceptors (Lipinski definition) is 3. The lowest BCUT2D eigenvalue weighted by Crippen LogP contribution is -2.49. The smallest absolute Gasteiger partial charge is 0.323 e. The number of hydrogen-bond donors (Lipinski definition) is 2. The van der Waals surface area contributed by atoms with Gasteiger partial charge in [0.1, 0.15) is 5.54 Å². The van der Waals surface area contributed by atoms with Gasteiger partial charge in [0, 0.05) is 11.4 Å². The average Bonchev–Trinajstić information content (AvgIpc) is 2.75. The fraction of sp³-hybridized carbons (Fsp3) is 0.643. The van der Waals surface area contributed by atoms with Crippen LogP contribution in [0.2, 0.25) is 0 Å². The Hall–Kier alpha value is -0.870. The van der Waals surface area contributed by atoms with Gasteiger partial charge in [0.2, 0.25) is 0 Å². The van der Waals surface area contributed by atoms with Crippen LogP contribution < -0.4 is 5.32 Å². The van der Waals surface area contributed by atoms with Gasteiger partial charge in [-0.15, -0.1) is 11.3 Å². The van der Waals surface area contributed by atoms with Crippen LogP contribution in [0, 0.1) is 5.41 Å². The number of rotatable bonds is 6. The predicted octanol–water partition coefficient (Wildman–Crippen LogP) is 3.51. The molecule has 2 N–H and O–H groups in total. The first-order valence-corrected chi connectivity index (χ1v) is 7.12. The van der Waals surface area contributed by atoms with Gasteiger partial charge in [0.15, 0.2) is 0 Å². The molecule has 1 heterocycles. The first-order valence-electron chi connectivity index (χ1n) is 6.24. The Kier molecular flexibility index (Phi) is 4.93. The number of carboxylic acids is 1. The van der Waals surface area contributed by atoms with Crippen molar-refractivity contribution in [3.05, 3.63) is 22.4 Å². The van der Waals surface area contributed by atoms with Crippen LogP contribution in [0.25, 0.3) is 0 Å². The maximum Gasteiger partial charge on any atom is 0.323 e. The molecule has 1 unspecified atom stereocenters. The highest BCUT2D eigenvalue weighted by Gasteiger charge is 2.33. The van der Waals surface area contributed by atoms with E-state index in [1.54, 1.807) is 18.3 Å². The molecule has 0 saturated carbocycles. The molecular formula is C14H23NO2S. The van der Waals surface area contributed by atoms with Crippen molar-refractivity contribution in [3.63, 3.8) is 0 Å². The van der Waals surface area contributed by atoms with E-state index in [2.05, 4.69) is 26.1 Å². The molecule has 1 rings (SSSR count). The van der Waals surface area contributed by atoms with Gasteiger partial charge in [0.05, 0.1) is 0 Å². The van der Waals surface area contributed by atoms with Crippen LogP contribution in [0.3, 0.4) is 0 Å². The first-order chi connectivity index (χ1) is 8.23. The summed E-state index contributed by atoms with van der Waals surface area (Å²) in [5, 5.41) is 14.6. The monoisotopic (exact) mass is 269 g/mol. The molecular weight excluding hydrogens is 246 g/mol. The van der Waals surface area contributed by atoms with Gasteiger partial charge in [-0.3, -0.25) is 10.1 Å². The Balaban J connectivity index is 2.60. The van der Waals surface area contributed by atoms with Crippen LogP contribution in [0.1, 0.15) is 45.4 Å². The highest BCUT2D eigenvalue weighted by Crippen LogP contribution is 2.26. The second-order valence-electron chi connectivity index (χ2n) is 6.13. The van der Waals surface area contributed by atoms with Crippen molar-refractivity contribution in [2.24, 2.45) is 5.41 Å². The minimum atomic E-state index is -0.850. The molecule has 102 valence electrons. The highest BCUT2D eigenvalue weighted by atomic mass is 32.1. The molecule has 0 aliphatic rings. The van der Waals surface area contributed by atoms with Gasteiger partial charge >= 0.3 is 5.97 Å². The van der Waals surface area contributed by atoms with E-state index in [4.69, 9.17) is 0 Å². The van der Waals surface area contributed by atoms with Crippen molar-refractivity contribution in [1.29, 1.82) is 0 Å². The number of carboxylic acid groups (broad SMARTS) is 1. The van der Waals surface area contributed by atoms with E-state index in [-0.39, 0.29) is 5.41 Å².